The van der Waals surface area contributed by atoms with Crippen LogP contribution >= 0.6 is 34.8 Å². The maximum Gasteiger partial charge on any atom is 0.244 e. The van der Waals surface area contributed by atoms with E-state index < -0.39 is 21.2 Å². The molecule has 1 aromatic carbocycles. The van der Waals surface area contributed by atoms with Gasteiger partial charge >= 0.3 is 0 Å². The summed E-state index contributed by atoms with van der Waals surface area (Å²) in [5.74, 6) is 0. The van der Waals surface area contributed by atoms with Gasteiger partial charge in [-0.3, -0.25) is 0 Å². The van der Waals surface area contributed by atoms with Gasteiger partial charge in [-0.15, -0.1) is 0 Å². The number of sulfonamides is 1. The molecule has 0 spiro atoms. The second-order valence-corrected chi connectivity index (χ2v) is 8.36. The molecule has 0 radical (unpaired) electrons. The van der Waals surface area contributed by atoms with Gasteiger partial charge in [0.2, 0.25) is 10.0 Å². The van der Waals surface area contributed by atoms with Crippen molar-refractivity contribution in [2.45, 2.75) is 43.7 Å². The van der Waals surface area contributed by atoms with Crippen molar-refractivity contribution in [3.63, 3.8) is 0 Å². The van der Waals surface area contributed by atoms with E-state index in [0.717, 1.165) is 0 Å². The van der Waals surface area contributed by atoms with E-state index in [1.54, 1.807) is 13.8 Å². The van der Waals surface area contributed by atoms with E-state index in [1.165, 1.54) is 26.0 Å². The zero-order valence-corrected chi connectivity index (χ0v) is 14.5. The van der Waals surface area contributed by atoms with E-state index in [-0.39, 0.29) is 20.0 Å². The maximum atomic E-state index is 12.4. The van der Waals surface area contributed by atoms with Crippen LogP contribution in [-0.2, 0) is 10.0 Å². The lowest BCUT2D eigenvalue weighted by Crippen LogP contribution is -2.57. The maximum absolute atomic E-state index is 12.4. The third-order valence-electron chi connectivity index (χ3n) is 3.15. The summed E-state index contributed by atoms with van der Waals surface area (Å²) in [4.78, 5) is -0.262. The lowest BCUT2D eigenvalue weighted by Gasteiger charge is -2.37. The van der Waals surface area contributed by atoms with Gasteiger partial charge < -0.3 is 5.11 Å². The third kappa shape index (κ3) is 3.78. The van der Waals surface area contributed by atoms with Gasteiger partial charge in [0.25, 0.3) is 0 Å². The molecule has 0 bridgehead atoms. The Morgan fingerprint density at radius 1 is 1.05 bits per heavy atom. The van der Waals surface area contributed by atoms with Crippen molar-refractivity contribution in [3.8, 4) is 0 Å². The molecule has 0 amide bonds. The fourth-order valence-corrected chi connectivity index (χ4v) is 4.38. The van der Waals surface area contributed by atoms with Gasteiger partial charge in [-0.2, -0.15) is 0 Å². The van der Waals surface area contributed by atoms with Crippen molar-refractivity contribution in [2.24, 2.45) is 0 Å². The second-order valence-electron chi connectivity index (χ2n) is 5.49. The van der Waals surface area contributed by atoms with Gasteiger partial charge in [0.15, 0.2) is 0 Å². The predicted molar refractivity (Wildman–Crippen MR) is 82.2 cm³/mol. The van der Waals surface area contributed by atoms with Gasteiger partial charge in [0.1, 0.15) is 4.90 Å². The van der Waals surface area contributed by atoms with Gasteiger partial charge in [0.05, 0.1) is 21.2 Å². The Labute approximate surface area is 134 Å². The zero-order valence-electron chi connectivity index (χ0n) is 11.5. The van der Waals surface area contributed by atoms with Crippen LogP contribution in [0.3, 0.4) is 0 Å². The minimum atomic E-state index is -4.01. The molecule has 1 rings (SSSR count). The molecule has 0 aliphatic rings. The number of hydrogen-bond donors (Lipinski definition) is 2. The average Bonchev–Trinajstić information content (AvgIpc) is 2.09. The molecule has 8 heteroatoms. The average molecular weight is 361 g/mol. The Kier molecular flexibility index (Phi) is 5.07. The Bertz CT molecular complexity index is 598. The zero-order chi connectivity index (χ0) is 15.9. The van der Waals surface area contributed by atoms with Gasteiger partial charge in [-0.25, -0.2) is 13.1 Å². The first-order valence-corrected chi connectivity index (χ1v) is 8.30. The number of benzene rings is 1. The summed E-state index contributed by atoms with van der Waals surface area (Å²) >= 11 is 17.6. The van der Waals surface area contributed by atoms with Crippen molar-refractivity contribution < 1.29 is 13.5 Å². The lowest BCUT2D eigenvalue weighted by atomic mass is 9.87. The van der Waals surface area contributed by atoms with Gasteiger partial charge in [-0.05, 0) is 39.8 Å². The second kappa shape index (κ2) is 5.63. The molecule has 0 saturated heterocycles. The van der Waals surface area contributed by atoms with Crippen LogP contribution in [0.2, 0.25) is 15.1 Å². The third-order valence-corrected chi connectivity index (χ3v) is 5.95. The molecular formula is C12H16Cl3NO3S. The van der Waals surface area contributed by atoms with Crippen LogP contribution in [0.15, 0.2) is 17.0 Å². The quantitative estimate of drug-likeness (QED) is 0.864. The number of hydrogen-bond acceptors (Lipinski definition) is 3. The summed E-state index contributed by atoms with van der Waals surface area (Å²) in [6.45, 7) is 6.12. The van der Waals surface area contributed by atoms with Crippen molar-refractivity contribution in [3.05, 3.63) is 27.2 Å². The van der Waals surface area contributed by atoms with Crippen LogP contribution in [-0.4, -0.2) is 24.7 Å². The Morgan fingerprint density at radius 2 is 1.45 bits per heavy atom. The molecule has 1 aromatic rings. The first kappa shape index (κ1) is 18.0. The van der Waals surface area contributed by atoms with Crippen molar-refractivity contribution in [2.75, 3.05) is 0 Å². The Morgan fingerprint density at radius 3 is 1.80 bits per heavy atom. The molecule has 0 heterocycles. The summed E-state index contributed by atoms with van der Waals surface area (Å²) in [5, 5.41) is 10.1. The van der Waals surface area contributed by atoms with E-state index in [2.05, 4.69) is 4.72 Å². The molecule has 0 aliphatic carbocycles. The van der Waals surface area contributed by atoms with Crippen molar-refractivity contribution in [1.29, 1.82) is 0 Å². The molecule has 114 valence electrons. The monoisotopic (exact) mass is 359 g/mol. The first-order valence-electron chi connectivity index (χ1n) is 5.69. The molecule has 0 unspecified atom stereocenters. The molecule has 0 atom stereocenters. The Hall–Kier alpha value is -0.0400. The van der Waals surface area contributed by atoms with E-state index in [9.17, 15) is 13.5 Å². The van der Waals surface area contributed by atoms with Crippen molar-refractivity contribution >= 4 is 44.8 Å². The van der Waals surface area contributed by atoms with E-state index in [0.29, 0.717) is 0 Å². The molecule has 0 aliphatic heterocycles. The molecule has 0 aromatic heterocycles. The standard InChI is InChI=1S/C12H16Cl3NO3S/c1-11(2,12(3,4)17)16-20(18,19)10-8(14)5-7(13)6-9(10)15/h5-6,16-17H,1-4H3. The number of rotatable bonds is 4. The summed E-state index contributed by atoms with van der Waals surface area (Å²) in [6.07, 6.45) is 0. The largest absolute Gasteiger partial charge is 0.389 e. The van der Waals surface area contributed by atoms with Crippen molar-refractivity contribution in [1.82, 2.24) is 4.72 Å². The van der Waals surface area contributed by atoms with Gasteiger partial charge in [0, 0.05) is 5.02 Å². The van der Waals surface area contributed by atoms with Crippen LogP contribution in [0.4, 0.5) is 0 Å². The number of nitrogens with one attached hydrogen (secondary N) is 1. The van der Waals surface area contributed by atoms with Crippen LogP contribution in [0.25, 0.3) is 0 Å². The minimum Gasteiger partial charge on any atom is -0.389 e. The lowest BCUT2D eigenvalue weighted by molar-refractivity contribution is 0.00639. The molecule has 4 nitrogen and oxygen atoms in total. The van der Waals surface area contributed by atoms with Crippen LogP contribution in [0, 0.1) is 0 Å². The summed E-state index contributed by atoms with van der Waals surface area (Å²) in [7, 11) is -4.01. The SMILES string of the molecule is CC(C)(O)C(C)(C)NS(=O)(=O)c1c(Cl)cc(Cl)cc1Cl. The molecule has 0 saturated carbocycles. The highest BCUT2D eigenvalue weighted by Gasteiger charge is 2.39. The van der Waals surface area contributed by atoms with E-state index >= 15 is 0 Å². The molecular weight excluding hydrogens is 345 g/mol. The number of halogens is 3. The van der Waals surface area contributed by atoms with Crippen LogP contribution in [0.1, 0.15) is 27.7 Å². The molecule has 20 heavy (non-hydrogen) atoms. The van der Waals surface area contributed by atoms with Gasteiger partial charge in [-0.1, -0.05) is 34.8 Å². The minimum absolute atomic E-state index is 0.0819. The fourth-order valence-electron chi connectivity index (χ4n) is 1.30. The normalized spacial score (nSPS) is 13.6. The highest BCUT2D eigenvalue weighted by atomic mass is 35.5. The predicted octanol–water partition coefficient (Wildman–Crippen LogP) is 3.47. The fraction of sp³-hybridized carbons (Fsp3) is 0.500. The highest BCUT2D eigenvalue weighted by Crippen LogP contribution is 2.34. The van der Waals surface area contributed by atoms with Crippen LogP contribution < -0.4 is 4.72 Å². The van der Waals surface area contributed by atoms with E-state index in [4.69, 9.17) is 34.8 Å². The van der Waals surface area contributed by atoms with E-state index in [1.807, 2.05) is 0 Å². The Balaban J connectivity index is 3.34. The van der Waals surface area contributed by atoms with Crippen LogP contribution in [0.5, 0.6) is 0 Å². The smallest absolute Gasteiger partial charge is 0.244 e. The summed E-state index contributed by atoms with van der Waals surface area (Å²) < 4.78 is 27.2. The molecule has 0 fully saturated rings. The molecule has 2 N–H and O–H groups in total. The number of aliphatic hydroxyl groups is 1. The highest BCUT2D eigenvalue weighted by molar-refractivity contribution is 7.89. The summed E-state index contributed by atoms with van der Waals surface area (Å²) in [5.41, 5.74) is -2.41. The summed E-state index contributed by atoms with van der Waals surface area (Å²) in [6, 6.07) is 2.58. The topological polar surface area (TPSA) is 66.4 Å². The first-order chi connectivity index (χ1) is 8.78.